The normalized spacial score (nSPS) is 11.3. The number of carbonyl (C=O) groups is 1. The molecule has 1 amide bonds. The van der Waals surface area contributed by atoms with Gasteiger partial charge in [0.25, 0.3) is 0 Å². The lowest BCUT2D eigenvalue weighted by molar-refractivity contribution is -0.116. The molecular weight excluding hydrogens is 368 g/mol. The fourth-order valence-electron chi connectivity index (χ4n) is 2.47. The zero-order valence-electron chi connectivity index (χ0n) is 18.3. The van der Waals surface area contributed by atoms with E-state index in [1.165, 1.54) is 0 Å². The van der Waals surface area contributed by atoms with E-state index < -0.39 is 0 Å². The number of rotatable bonds is 15. The van der Waals surface area contributed by atoms with E-state index in [1.54, 1.807) is 0 Å². The third-order valence-corrected chi connectivity index (χ3v) is 4.03. The van der Waals surface area contributed by atoms with Crippen LogP contribution in [0.15, 0.2) is 29.3 Å². The smallest absolute Gasteiger partial charge is 0.224 e. The van der Waals surface area contributed by atoms with Crippen molar-refractivity contribution >= 4 is 17.6 Å². The van der Waals surface area contributed by atoms with Crippen molar-refractivity contribution in [1.82, 2.24) is 10.6 Å². The zero-order valence-corrected chi connectivity index (χ0v) is 18.3. The fraction of sp³-hybridized carbons (Fsp3) is 0.636. The van der Waals surface area contributed by atoms with Gasteiger partial charge in [-0.3, -0.25) is 4.79 Å². The second kappa shape index (κ2) is 16.8. The first-order chi connectivity index (χ1) is 14.2. The molecule has 0 saturated carbocycles. The van der Waals surface area contributed by atoms with Crippen molar-refractivity contribution < 1.29 is 14.3 Å². The molecule has 0 atom stereocenters. The molecule has 1 aromatic carbocycles. The maximum Gasteiger partial charge on any atom is 0.224 e. The molecule has 0 radical (unpaired) electrons. The van der Waals surface area contributed by atoms with Crippen molar-refractivity contribution in [2.75, 3.05) is 44.8 Å². The summed E-state index contributed by atoms with van der Waals surface area (Å²) in [5, 5.41) is 9.39. The molecular formula is C22H38N4O3. The first-order valence-electron chi connectivity index (χ1n) is 10.8. The summed E-state index contributed by atoms with van der Waals surface area (Å²) in [4.78, 5) is 16.2. The molecule has 3 N–H and O–H groups in total. The van der Waals surface area contributed by atoms with Gasteiger partial charge in [-0.15, -0.1) is 0 Å². The summed E-state index contributed by atoms with van der Waals surface area (Å²) < 4.78 is 11.0. The van der Waals surface area contributed by atoms with Gasteiger partial charge in [0.2, 0.25) is 5.91 Å². The van der Waals surface area contributed by atoms with Crippen LogP contribution in [0, 0.1) is 0 Å². The molecule has 1 rings (SSSR count). The van der Waals surface area contributed by atoms with E-state index in [9.17, 15) is 4.79 Å². The number of amides is 1. The van der Waals surface area contributed by atoms with Gasteiger partial charge in [0.15, 0.2) is 5.96 Å². The van der Waals surface area contributed by atoms with Crippen LogP contribution in [0.4, 0.5) is 5.69 Å². The molecule has 0 fully saturated rings. The minimum Gasteiger partial charge on any atom is -0.379 e. The number of hydrogen-bond donors (Lipinski definition) is 3. The highest BCUT2D eigenvalue weighted by Gasteiger charge is 2.01. The van der Waals surface area contributed by atoms with E-state index in [1.807, 2.05) is 38.1 Å². The highest BCUT2D eigenvalue weighted by Crippen LogP contribution is 2.11. The summed E-state index contributed by atoms with van der Waals surface area (Å²) in [6, 6.07) is 7.79. The Kier molecular flexibility index (Phi) is 14.4. The molecule has 0 spiro atoms. The Hall–Kier alpha value is -2.12. The van der Waals surface area contributed by atoms with Crippen LogP contribution in [0.3, 0.4) is 0 Å². The summed E-state index contributed by atoms with van der Waals surface area (Å²) in [7, 11) is 0. The number of anilines is 1. The van der Waals surface area contributed by atoms with Crippen LogP contribution in [-0.4, -0.2) is 51.4 Å². The Bertz CT molecular complexity index is 576. The summed E-state index contributed by atoms with van der Waals surface area (Å²) >= 11 is 0. The standard InChI is InChI=1S/C22H38N4O3/c1-4-7-14-28-16-17-29-15-13-24-22(23-6-3)25-18-19-9-11-20(12-10-19)26-21(27)8-5-2/h9-12H,4-8,13-18H2,1-3H3,(H,26,27)(H2,23,24,25). The van der Waals surface area contributed by atoms with Crippen molar-refractivity contribution in [2.45, 2.75) is 53.0 Å². The lowest BCUT2D eigenvalue weighted by atomic mass is 10.2. The van der Waals surface area contributed by atoms with Crippen LogP contribution in [-0.2, 0) is 20.8 Å². The van der Waals surface area contributed by atoms with Crippen molar-refractivity contribution in [2.24, 2.45) is 4.99 Å². The Labute approximate surface area is 175 Å². The number of carbonyl (C=O) groups excluding carboxylic acids is 1. The van der Waals surface area contributed by atoms with E-state index in [0.29, 0.717) is 39.3 Å². The van der Waals surface area contributed by atoms with Crippen LogP contribution >= 0.6 is 0 Å². The number of unbranched alkanes of at least 4 members (excludes halogenated alkanes) is 1. The van der Waals surface area contributed by atoms with Crippen molar-refractivity contribution in [3.05, 3.63) is 29.8 Å². The van der Waals surface area contributed by atoms with Crippen LogP contribution < -0.4 is 16.0 Å². The van der Waals surface area contributed by atoms with Gasteiger partial charge in [-0.05, 0) is 37.5 Å². The third kappa shape index (κ3) is 12.9. The van der Waals surface area contributed by atoms with Gasteiger partial charge in [0.1, 0.15) is 0 Å². The van der Waals surface area contributed by atoms with E-state index in [0.717, 1.165) is 49.6 Å². The fourth-order valence-corrected chi connectivity index (χ4v) is 2.47. The SMILES string of the molecule is CCCCOCCOCCNC(=NCc1ccc(NC(=O)CCC)cc1)NCC. The number of aliphatic imine (C=N–C) groups is 1. The van der Waals surface area contributed by atoms with Crippen LogP contribution in [0.2, 0.25) is 0 Å². The highest BCUT2D eigenvalue weighted by molar-refractivity contribution is 5.90. The van der Waals surface area contributed by atoms with E-state index in [-0.39, 0.29) is 5.91 Å². The average Bonchev–Trinajstić information content (AvgIpc) is 2.72. The average molecular weight is 407 g/mol. The molecule has 0 bridgehead atoms. The molecule has 164 valence electrons. The Morgan fingerprint density at radius 1 is 0.931 bits per heavy atom. The lowest BCUT2D eigenvalue weighted by Gasteiger charge is -2.12. The van der Waals surface area contributed by atoms with E-state index in [2.05, 4.69) is 27.9 Å². The molecule has 7 heteroatoms. The number of benzene rings is 1. The van der Waals surface area contributed by atoms with Gasteiger partial charge < -0.3 is 25.4 Å². The Morgan fingerprint density at radius 3 is 2.31 bits per heavy atom. The van der Waals surface area contributed by atoms with Crippen molar-refractivity contribution in [3.8, 4) is 0 Å². The van der Waals surface area contributed by atoms with Gasteiger partial charge in [-0.25, -0.2) is 4.99 Å². The van der Waals surface area contributed by atoms with Gasteiger partial charge in [0, 0.05) is 31.8 Å². The monoisotopic (exact) mass is 406 g/mol. The Balaban J connectivity index is 2.31. The first-order valence-corrected chi connectivity index (χ1v) is 10.8. The van der Waals surface area contributed by atoms with E-state index in [4.69, 9.17) is 9.47 Å². The molecule has 0 saturated heterocycles. The second-order valence-corrected chi connectivity index (χ2v) is 6.70. The quantitative estimate of drug-likeness (QED) is 0.236. The predicted molar refractivity (Wildman–Crippen MR) is 119 cm³/mol. The van der Waals surface area contributed by atoms with Crippen molar-refractivity contribution in [1.29, 1.82) is 0 Å². The number of hydrogen-bond acceptors (Lipinski definition) is 4. The third-order valence-electron chi connectivity index (χ3n) is 4.03. The van der Waals surface area contributed by atoms with Gasteiger partial charge >= 0.3 is 0 Å². The van der Waals surface area contributed by atoms with Gasteiger partial charge in [-0.1, -0.05) is 32.4 Å². The second-order valence-electron chi connectivity index (χ2n) is 6.70. The molecule has 29 heavy (non-hydrogen) atoms. The minimum atomic E-state index is 0.0478. The first kappa shape index (κ1) is 24.9. The van der Waals surface area contributed by atoms with Crippen LogP contribution in [0.25, 0.3) is 0 Å². The maximum absolute atomic E-state index is 11.6. The largest absolute Gasteiger partial charge is 0.379 e. The van der Waals surface area contributed by atoms with Gasteiger partial charge in [-0.2, -0.15) is 0 Å². The van der Waals surface area contributed by atoms with Gasteiger partial charge in [0.05, 0.1) is 26.4 Å². The predicted octanol–water partition coefficient (Wildman–Crippen LogP) is 3.31. The molecule has 1 aromatic rings. The number of guanidine groups is 1. The number of nitrogens with one attached hydrogen (secondary N) is 3. The van der Waals surface area contributed by atoms with Crippen LogP contribution in [0.5, 0.6) is 0 Å². The van der Waals surface area contributed by atoms with Crippen molar-refractivity contribution in [3.63, 3.8) is 0 Å². The topological polar surface area (TPSA) is 84.0 Å². The molecule has 0 unspecified atom stereocenters. The summed E-state index contributed by atoms with van der Waals surface area (Å²) in [6.45, 7) is 10.9. The molecule has 0 aromatic heterocycles. The number of nitrogens with zero attached hydrogens (tertiary/aromatic N) is 1. The number of ether oxygens (including phenoxy) is 2. The highest BCUT2D eigenvalue weighted by atomic mass is 16.5. The summed E-state index contributed by atoms with van der Waals surface area (Å²) in [5.41, 5.74) is 1.90. The summed E-state index contributed by atoms with van der Waals surface area (Å²) in [5.74, 6) is 0.808. The maximum atomic E-state index is 11.6. The molecule has 0 aliphatic rings. The minimum absolute atomic E-state index is 0.0478. The lowest BCUT2D eigenvalue weighted by Crippen LogP contribution is -2.39. The Morgan fingerprint density at radius 2 is 1.66 bits per heavy atom. The molecule has 7 nitrogen and oxygen atoms in total. The molecule has 0 aliphatic carbocycles. The van der Waals surface area contributed by atoms with E-state index >= 15 is 0 Å². The van der Waals surface area contributed by atoms with Crippen LogP contribution in [0.1, 0.15) is 52.0 Å². The summed E-state index contributed by atoms with van der Waals surface area (Å²) in [6.07, 6.45) is 3.63. The molecule has 0 heterocycles. The molecule has 0 aliphatic heterocycles. The zero-order chi connectivity index (χ0) is 21.2.